The van der Waals surface area contributed by atoms with Crippen molar-refractivity contribution in [2.45, 2.75) is 6.92 Å². The average Bonchev–Trinajstić information content (AvgIpc) is 2.52. The van der Waals surface area contributed by atoms with Gasteiger partial charge in [-0.15, -0.1) is 0 Å². The van der Waals surface area contributed by atoms with Crippen molar-refractivity contribution >= 4 is 24.1 Å². The van der Waals surface area contributed by atoms with Gasteiger partial charge in [0.05, 0.1) is 24.3 Å². The van der Waals surface area contributed by atoms with Crippen molar-refractivity contribution in [1.82, 2.24) is 14.9 Å². The van der Waals surface area contributed by atoms with Gasteiger partial charge in [-0.1, -0.05) is 0 Å². The second kappa shape index (κ2) is 6.36. The molecule has 0 spiro atoms. The second-order valence-electron chi connectivity index (χ2n) is 4.32. The van der Waals surface area contributed by atoms with Gasteiger partial charge in [0.1, 0.15) is 5.69 Å². The third kappa shape index (κ3) is 3.23. The Labute approximate surface area is 133 Å². The largest absolute Gasteiger partial charge is 0.504 e. The Bertz CT molecular complexity index is 917. The van der Waals surface area contributed by atoms with Gasteiger partial charge < -0.3 is 9.84 Å². The minimum Gasteiger partial charge on any atom is -0.504 e. The molecule has 0 fully saturated rings. The van der Waals surface area contributed by atoms with Crippen LogP contribution in [0.5, 0.6) is 11.5 Å². The van der Waals surface area contributed by atoms with E-state index in [0.29, 0.717) is 0 Å². The van der Waals surface area contributed by atoms with E-state index < -0.39 is 10.5 Å². The number of nitro benzene ring substituents is 1. The standard InChI is InChI=1S/C12H11N5O5S/c1-6-11(19)16(12(23)15-14-6)13-5-7-3-8(17(20)21)4-9(22-2)10(7)18/h3-5,18H,1-2H3,(H,15,23). The Balaban J connectivity index is 2.58. The lowest BCUT2D eigenvalue weighted by Gasteiger charge is -2.06. The van der Waals surface area contributed by atoms with Crippen molar-refractivity contribution in [2.24, 2.45) is 5.10 Å². The van der Waals surface area contributed by atoms with Gasteiger partial charge in [0, 0.05) is 11.6 Å². The molecule has 0 radical (unpaired) electrons. The van der Waals surface area contributed by atoms with Crippen LogP contribution in [-0.2, 0) is 0 Å². The summed E-state index contributed by atoms with van der Waals surface area (Å²) in [5, 5.41) is 30.8. The molecule has 0 aliphatic rings. The van der Waals surface area contributed by atoms with Crippen molar-refractivity contribution in [3.8, 4) is 11.5 Å². The number of aryl methyl sites for hydroxylation is 1. The molecule has 0 aliphatic heterocycles. The van der Waals surface area contributed by atoms with Crippen molar-refractivity contribution < 1.29 is 14.8 Å². The fourth-order valence-corrected chi connectivity index (χ4v) is 1.85. The molecular formula is C12H11N5O5S. The first kappa shape index (κ1) is 16.3. The molecule has 2 N–H and O–H groups in total. The van der Waals surface area contributed by atoms with E-state index in [9.17, 15) is 20.0 Å². The third-order valence-electron chi connectivity index (χ3n) is 2.85. The molecule has 0 bridgehead atoms. The molecule has 0 unspecified atom stereocenters. The Morgan fingerprint density at radius 1 is 1.57 bits per heavy atom. The van der Waals surface area contributed by atoms with E-state index >= 15 is 0 Å². The highest BCUT2D eigenvalue weighted by atomic mass is 32.1. The monoisotopic (exact) mass is 337 g/mol. The van der Waals surface area contributed by atoms with Gasteiger partial charge in [-0.25, -0.2) is 0 Å². The number of hydrogen-bond acceptors (Lipinski definition) is 8. The van der Waals surface area contributed by atoms with E-state index in [0.717, 1.165) is 23.0 Å². The highest BCUT2D eigenvalue weighted by Crippen LogP contribution is 2.33. The number of nitro groups is 1. The molecule has 1 aromatic carbocycles. The maximum atomic E-state index is 11.9. The molecule has 0 saturated heterocycles. The number of aromatic amines is 1. The number of benzene rings is 1. The van der Waals surface area contributed by atoms with Crippen molar-refractivity contribution in [3.05, 3.63) is 48.6 Å². The van der Waals surface area contributed by atoms with Crippen LogP contribution in [0.3, 0.4) is 0 Å². The number of hydrogen-bond donors (Lipinski definition) is 2. The molecule has 120 valence electrons. The fourth-order valence-electron chi connectivity index (χ4n) is 1.67. The SMILES string of the molecule is COc1cc([N+](=O)[O-])cc(C=Nn2c(=S)[nH]nc(C)c2=O)c1O. The van der Waals surface area contributed by atoms with Gasteiger partial charge in [-0.05, 0) is 19.1 Å². The van der Waals surface area contributed by atoms with Crippen molar-refractivity contribution in [2.75, 3.05) is 7.11 Å². The molecule has 1 heterocycles. The summed E-state index contributed by atoms with van der Waals surface area (Å²) in [7, 11) is 1.26. The zero-order valence-corrected chi connectivity index (χ0v) is 12.8. The normalized spacial score (nSPS) is 10.9. The predicted octanol–water partition coefficient (Wildman–Crippen LogP) is 1.11. The van der Waals surface area contributed by atoms with Crippen LogP contribution in [0.2, 0.25) is 0 Å². The van der Waals surface area contributed by atoms with Gasteiger partial charge in [0.25, 0.3) is 11.2 Å². The van der Waals surface area contributed by atoms with Gasteiger partial charge >= 0.3 is 0 Å². The molecule has 2 aromatic rings. The summed E-state index contributed by atoms with van der Waals surface area (Å²) in [4.78, 5) is 22.2. The minimum atomic E-state index is -0.645. The summed E-state index contributed by atoms with van der Waals surface area (Å²) in [6.45, 7) is 1.47. The van der Waals surface area contributed by atoms with Crippen LogP contribution in [0.25, 0.3) is 0 Å². The van der Waals surface area contributed by atoms with Crippen LogP contribution in [0, 0.1) is 21.8 Å². The molecule has 1 aromatic heterocycles. The number of aromatic nitrogens is 3. The lowest BCUT2D eigenvalue weighted by atomic mass is 10.2. The lowest BCUT2D eigenvalue weighted by Crippen LogP contribution is -2.22. The first-order chi connectivity index (χ1) is 10.8. The highest BCUT2D eigenvalue weighted by Gasteiger charge is 2.16. The van der Waals surface area contributed by atoms with E-state index in [1.54, 1.807) is 0 Å². The molecule has 0 aliphatic carbocycles. The predicted molar refractivity (Wildman–Crippen MR) is 82.7 cm³/mol. The lowest BCUT2D eigenvalue weighted by molar-refractivity contribution is -0.385. The zero-order chi connectivity index (χ0) is 17.1. The summed E-state index contributed by atoms with van der Waals surface area (Å²) in [6.07, 6.45) is 1.06. The number of nitrogens with zero attached hydrogens (tertiary/aromatic N) is 4. The number of phenolic OH excluding ortho intramolecular Hbond substituents is 1. The first-order valence-electron chi connectivity index (χ1n) is 6.13. The van der Waals surface area contributed by atoms with Crippen molar-refractivity contribution in [3.63, 3.8) is 0 Å². The number of rotatable bonds is 4. The Kier molecular flexibility index (Phi) is 4.50. The third-order valence-corrected chi connectivity index (χ3v) is 3.11. The van der Waals surface area contributed by atoms with Crippen LogP contribution >= 0.6 is 12.2 Å². The van der Waals surface area contributed by atoms with E-state index in [2.05, 4.69) is 15.3 Å². The topological polar surface area (TPSA) is 136 Å². The maximum absolute atomic E-state index is 11.9. The smallest absolute Gasteiger partial charge is 0.296 e. The number of methoxy groups -OCH3 is 1. The van der Waals surface area contributed by atoms with Crippen LogP contribution < -0.4 is 10.3 Å². The molecule has 2 rings (SSSR count). The van der Waals surface area contributed by atoms with Crippen LogP contribution in [-0.4, -0.2) is 38.2 Å². The fraction of sp³-hybridized carbons (Fsp3) is 0.167. The van der Waals surface area contributed by atoms with Crippen LogP contribution in [0.4, 0.5) is 5.69 Å². The van der Waals surface area contributed by atoms with Gasteiger partial charge in [0.15, 0.2) is 11.5 Å². The molecule has 11 heteroatoms. The van der Waals surface area contributed by atoms with Gasteiger partial charge in [-0.2, -0.15) is 14.9 Å². The van der Waals surface area contributed by atoms with Crippen LogP contribution in [0.1, 0.15) is 11.3 Å². The molecule has 23 heavy (non-hydrogen) atoms. The molecular weight excluding hydrogens is 326 g/mol. The van der Waals surface area contributed by atoms with Gasteiger partial charge in [0.2, 0.25) is 4.77 Å². The molecule has 10 nitrogen and oxygen atoms in total. The number of non-ortho nitro benzene ring substituents is 1. The Morgan fingerprint density at radius 2 is 2.26 bits per heavy atom. The molecule has 0 saturated carbocycles. The van der Waals surface area contributed by atoms with Crippen LogP contribution in [0.15, 0.2) is 22.0 Å². The number of phenols is 1. The summed E-state index contributed by atoms with van der Waals surface area (Å²) < 4.78 is 5.66. The second-order valence-corrected chi connectivity index (χ2v) is 4.71. The number of ether oxygens (including phenoxy) is 1. The van der Waals surface area contributed by atoms with E-state index in [1.165, 1.54) is 14.0 Å². The van der Waals surface area contributed by atoms with E-state index in [-0.39, 0.29) is 33.2 Å². The zero-order valence-electron chi connectivity index (χ0n) is 12.0. The summed E-state index contributed by atoms with van der Waals surface area (Å²) >= 11 is 4.90. The number of H-pyrrole nitrogens is 1. The van der Waals surface area contributed by atoms with E-state index in [1.807, 2.05) is 0 Å². The average molecular weight is 337 g/mol. The number of aromatic hydroxyl groups is 1. The van der Waals surface area contributed by atoms with Gasteiger partial charge in [-0.3, -0.25) is 20.0 Å². The summed E-state index contributed by atoms with van der Waals surface area (Å²) in [5.74, 6) is -0.445. The summed E-state index contributed by atoms with van der Waals surface area (Å²) in [6, 6.07) is 2.16. The Morgan fingerprint density at radius 3 is 2.87 bits per heavy atom. The summed E-state index contributed by atoms with van der Waals surface area (Å²) in [5.41, 5.74) is -0.727. The highest BCUT2D eigenvalue weighted by molar-refractivity contribution is 7.71. The number of nitrogens with one attached hydrogen (secondary N) is 1. The van der Waals surface area contributed by atoms with Crippen molar-refractivity contribution in [1.29, 1.82) is 0 Å². The Hall–Kier alpha value is -3.08. The maximum Gasteiger partial charge on any atom is 0.296 e. The first-order valence-corrected chi connectivity index (χ1v) is 6.54. The molecule has 0 amide bonds. The molecule has 0 atom stereocenters. The quantitative estimate of drug-likeness (QED) is 0.369. The van der Waals surface area contributed by atoms with E-state index in [4.69, 9.17) is 17.0 Å². The minimum absolute atomic E-state index is 0.00758.